The first-order valence-electron chi connectivity index (χ1n) is 25.9. The van der Waals surface area contributed by atoms with Crippen LogP contribution in [0.25, 0.3) is 0 Å². The van der Waals surface area contributed by atoms with Crippen molar-refractivity contribution in [3.63, 3.8) is 0 Å². The van der Waals surface area contributed by atoms with Crippen molar-refractivity contribution in [2.24, 2.45) is 16.7 Å². The molecule has 4 aliphatic rings. The number of fused-ring (bicyclic) bond motifs is 5. The topological polar surface area (TPSA) is 193 Å². The number of rotatable bonds is 16. The van der Waals surface area contributed by atoms with Crippen molar-refractivity contribution in [1.82, 2.24) is 5.32 Å². The minimum Gasteiger partial charge on any atom is -0.456 e. The van der Waals surface area contributed by atoms with Crippen LogP contribution in [0.1, 0.15) is 121 Å². The number of aliphatic hydroxyl groups is 2. The maximum absolute atomic E-state index is 16.1. The van der Waals surface area contributed by atoms with Crippen LogP contribution in [0, 0.1) is 16.7 Å². The lowest BCUT2D eigenvalue weighted by molar-refractivity contribution is -0.344. The van der Waals surface area contributed by atoms with Crippen LogP contribution in [0.5, 0.6) is 0 Å². The summed E-state index contributed by atoms with van der Waals surface area (Å²) in [5.41, 5.74) is -5.85. The van der Waals surface area contributed by atoms with Gasteiger partial charge in [0.2, 0.25) is 0 Å². The van der Waals surface area contributed by atoms with E-state index in [-0.39, 0.29) is 24.2 Å². The van der Waals surface area contributed by atoms with E-state index in [0.29, 0.717) is 16.7 Å². The number of hydrogen-bond acceptors (Lipinski definition) is 13. The van der Waals surface area contributed by atoms with Gasteiger partial charge in [0, 0.05) is 30.7 Å². The van der Waals surface area contributed by atoms with Crippen LogP contribution in [0.15, 0.2) is 102 Å². The Labute approximate surface area is 433 Å². The van der Waals surface area contributed by atoms with Gasteiger partial charge in [-0.3, -0.25) is 14.4 Å². The second-order valence-corrected chi connectivity index (χ2v) is 32.4. The summed E-state index contributed by atoms with van der Waals surface area (Å²) >= 11 is 0. The van der Waals surface area contributed by atoms with Crippen molar-refractivity contribution in [1.29, 1.82) is 0 Å². The fourth-order valence-corrected chi connectivity index (χ4v) is 16.2. The van der Waals surface area contributed by atoms with Gasteiger partial charge in [-0.2, -0.15) is 0 Å². The number of nitrogens with one attached hydrogen (secondary N) is 1. The van der Waals surface area contributed by atoms with Crippen molar-refractivity contribution < 1.29 is 62.0 Å². The number of ketones is 1. The van der Waals surface area contributed by atoms with Gasteiger partial charge in [0.15, 0.2) is 34.1 Å². The van der Waals surface area contributed by atoms with E-state index in [1.807, 2.05) is 39.9 Å². The van der Waals surface area contributed by atoms with Crippen molar-refractivity contribution in [2.45, 2.75) is 179 Å². The molecule has 11 atom stereocenters. The van der Waals surface area contributed by atoms with Gasteiger partial charge in [0.1, 0.15) is 30.0 Å². The molecule has 3 fully saturated rings. The molecular formula is C57H77NO13Si2. The van der Waals surface area contributed by atoms with Crippen LogP contribution in [-0.4, -0.2) is 111 Å². The minimum absolute atomic E-state index is 0.0839. The standard InChI is InChI=1S/C57H77NO13Si2/c1-14-73(15-2,16-3)70-41-32-42-56(34-66-42,69-36(5)59)47-49(68-51(63)39-30-24-19-25-31-39)57(65)33-40(35(4)43(54(57,9)10)45(60)48(61)55(41,47)11)67-52(64)46(71-72(12,13)53(6,7)8)44(37-26-20-17-21-27-37)58-50(62)38-28-22-18-23-29-38/h17-31,40-42,44-47,49,60,65H,14-16,32-34H2,1-13H3,(H,58,62)/t40-,41-,42+,44-,45+,46+,47-,49-,55+,56-,57+/m0/s1. The molecule has 14 nitrogen and oxygen atoms in total. The van der Waals surface area contributed by atoms with Gasteiger partial charge in [-0.15, -0.1) is 0 Å². The summed E-state index contributed by atoms with van der Waals surface area (Å²) in [7, 11) is -5.50. The first kappa shape index (κ1) is 55.9. The van der Waals surface area contributed by atoms with E-state index in [1.165, 1.54) is 6.92 Å². The monoisotopic (exact) mass is 1040 g/mol. The zero-order valence-corrected chi connectivity index (χ0v) is 46.9. The molecule has 0 radical (unpaired) electrons. The third-order valence-corrected chi connectivity index (χ3v) is 26.8. The summed E-state index contributed by atoms with van der Waals surface area (Å²) < 4.78 is 40.4. The van der Waals surface area contributed by atoms with E-state index in [1.54, 1.807) is 113 Å². The number of ether oxygens (including phenoxy) is 4. The van der Waals surface area contributed by atoms with Crippen LogP contribution in [0.3, 0.4) is 0 Å². The summed E-state index contributed by atoms with van der Waals surface area (Å²) in [4.78, 5) is 74.0. The van der Waals surface area contributed by atoms with E-state index >= 15 is 9.59 Å². The maximum atomic E-state index is 16.1. The van der Waals surface area contributed by atoms with Gasteiger partial charge < -0.3 is 43.3 Å². The molecule has 73 heavy (non-hydrogen) atoms. The molecule has 0 unspecified atom stereocenters. The van der Waals surface area contributed by atoms with E-state index in [0.717, 1.165) is 18.1 Å². The normalized spacial score (nSPS) is 29.7. The van der Waals surface area contributed by atoms with Gasteiger partial charge in [0.05, 0.1) is 35.6 Å². The number of carbonyl (C=O) groups is 5. The smallest absolute Gasteiger partial charge is 0.338 e. The van der Waals surface area contributed by atoms with Gasteiger partial charge in [-0.05, 0) is 91.1 Å². The van der Waals surface area contributed by atoms with Gasteiger partial charge in [0.25, 0.3) is 5.91 Å². The van der Waals surface area contributed by atoms with Crippen LogP contribution in [-0.2, 0) is 42.2 Å². The van der Waals surface area contributed by atoms with Gasteiger partial charge in [-0.25, -0.2) is 9.59 Å². The Bertz CT molecular complexity index is 2550. The summed E-state index contributed by atoms with van der Waals surface area (Å²) in [6.45, 7) is 24.0. The van der Waals surface area contributed by atoms with Crippen molar-refractivity contribution in [2.75, 3.05) is 6.61 Å². The molecule has 3 N–H and O–H groups in total. The number of benzene rings is 3. The van der Waals surface area contributed by atoms with E-state index < -0.39 is 128 Å². The highest BCUT2D eigenvalue weighted by Crippen LogP contribution is 2.65. The molecule has 1 heterocycles. The van der Waals surface area contributed by atoms with Crippen molar-refractivity contribution >= 4 is 46.2 Å². The van der Waals surface area contributed by atoms with Crippen molar-refractivity contribution in [3.05, 3.63) is 119 Å². The number of hydrogen-bond donors (Lipinski definition) is 3. The average Bonchev–Trinajstić information content (AvgIpc) is 3.35. The summed E-state index contributed by atoms with van der Waals surface area (Å²) in [6.07, 6.45) is -8.52. The molecule has 3 aromatic rings. The van der Waals surface area contributed by atoms with Gasteiger partial charge in [-0.1, -0.05) is 122 Å². The molecule has 7 rings (SSSR count). The molecule has 3 aliphatic carbocycles. The molecule has 0 aromatic heterocycles. The number of Topliss-reactive ketones (excluding diaryl/α,β-unsaturated/α-hetero) is 1. The van der Waals surface area contributed by atoms with Crippen LogP contribution in [0.4, 0.5) is 0 Å². The maximum Gasteiger partial charge on any atom is 0.338 e. The Kier molecular flexibility index (Phi) is 15.9. The summed E-state index contributed by atoms with van der Waals surface area (Å²) in [5.74, 6) is -4.91. The average molecular weight is 1040 g/mol. The Morgan fingerprint density at radius 3 is 1.90 bits per heavy atom. The second-order valence-electron chi connectivity index (χ2n) is 23.0. The zero-order chi connectivity index (χ0) is 53.7. The van der Waals surface area contributed by atoms with Gasteiger partial charge >= 0.3 is 17.9 Å². The molecule has 1 amide bonds. The highest BCUT2D eigenvalue weighted by atomic mass is 28.4. The number of carbonyl (C=O) groups excluding carboxylic acids is 5. The minimum atomic E-state index is -2.90. The molecule has 16 heteroatoms. The van der Waals surface area contributed by atoms with E-state index in [9.17, 15) is 24.6 Å². The molecule has 3 aromatic carbocycles. The largest absolute Gasteiger partial charge is 0.456 e. The molecule has 2 saturated carbocycles. The van der Waals surface area contributed by atoms with Crippen LogP contribution < -0.4 is 5.32 Å². The molecule has 396 valence electrons. The van der Waals surface area contributed by atoms with Crippen LogP contribution in [0.2, 0.25) is 36.3 Å². The SMILES string of the molecule is CC[Si](CC)(CC)O[C@H]1C[C@H]2OC[C@@]2(OC(C)=O)[C@H]2[C@H](OC(=O)c3ccccc3)[C@]3(O)C[C@H](OC(=O)[C@H](O[Si](C)(C)C(C)(C)C)[C@@H](NC(=O)c4ccccc4)c4ccccc4)C(C)=C([C@@H](O)C(=O)[C@]12C)C3(C)C. The predicted octanol–water partition coefficient (Wildman–Crippen LogP) is 9.22. The molecular weight excluding hydrogens is 963 g/mol. The van der Waals surface area contributed by atoms with E-state index in [2.05, 4.69) is 26.1 Å². The lowest BCUT2D eigenvalue weighted by Gasteiger charge is -2.68. The second kappa shape index (κ2) is 20.7. The highest BCUT2D eigenvalue weighted by Gasteiger charge is 2.78. The predicted molar refractivity (Wildman–Crippen MR) is 280 cm³/mol. The molecule has 1 aliphatic heterocycles. The first-order valence-corrected chi connectivity index (χ1v) is 31.3. The number of aliphatic hydroxyl groups excluding tert-OH is 1. The lowest BCUT2D eigenvalue weighted by Crippen LogP contribution is -2.82. The van der Waals surface area contributed by atoms with Crippen LogP contribution >= 0.6 is 0 Å². The lowest BCUT2D eigenvalue weighted by atomic mass is 9.44. The summed E-state index contributed by atoms with van der Waals surface area (Å²) in [6, 6.07) is 26.9. The quantitative estimate of drug-likeness (QED) is 0.0533. The zero-order valence-electron chi connectivity index (χ0n) is 44.9. The fourth-order valence-electron chi connectivity index (χ4n) is 12.0. The third-order valence-electron chi connectivity index (χ3n) is 17.7. The number of esters is 3. The first-order chi connectivity index (χ1) is 34.2. The Morgan fingerprint density at radius 2 is 1.40 bits per heavy atom. The Morgan fingerprint density at radius 1 is 0.849 bits per heavy atom. The third kappa shape index (κ3) is 9.86. The number of amides is 1. The van der Waals surface area contributed by atoms with E-state index in [4.69, 9.17) is 27.8 Å². The fraction of sp³-hybridized carbons (Fsp3) is 0.561. The molecule has 1 saturated heterocycles. The Balaban J connectivity index is 1.44. The van der Waals surface area contributed by atoms with Crippen molar-refractivity contribution in [3.8, 4) is 0 Å². The molecule has 2 bridgehead atoms. The summed E-state index contributed by atoms with van der Waals surface area (Å²) in [5, 5.41) is 29.9. The highest BCUT2D eigenvalue weighted by molar-refractivity contribution is 6.74. The molecule has 0 spiro atoms. The Hall–Kier alpha value is -4.82.